The lowest BCUT2D eigenvalue weighted by atomic mass is 10.1. The fourth-order valence-corrected chi connectivity index (χ4v) is 4.09. The summed E-state index contributed by atoms with van der Waals surface area (Å²) in [7, 11) is 0. The molecular formula is C24H13NO4. The third-order valence-electron chi connectivity index (χ3n) is 5.29. The van der Waals surface area contributed by atoms with Gasteiger partial charge in [-0.15, -0.1) is 0 Å². The third kappa shape index (κ3) is 2.09. The van der Waals surface area contributed by atoms with E-state index in [1.165, 1.54) is 0 Å². The molecule has 6 rings (SSSR count). The Morgan fingerprint density at radius 1 is 0.586 bits per heavy atom. The number of hydrogen-bond donors (Lipinski definition) is 0. The SMILES string of the molecule is O=c1oc2c3c(=O)oc4ccccc4c3n(-c3ccccc3)c2c2ccccc12. The summed E-state index contributed by atoms with van der Waals surface area (Å²) < 4.78 is 13.2. The average molecular weight is 379 g/mol. The van der Waals surface area contributed by atoms with Gasteiger partial charge in [0.25, 0.3) is 0 Å². The number of para-hydroxylation sites is 2. The van der Waals surface area contributed by atoms with E-state index in [1.54, 1.807) is 18.2 Å². The van der Waals surface area contributed by atoms with E-state index in [9.17, 15) is 9.59 Å². The van der Waals surface area contributed by atoms with Crippen LogP contribution in [0.25, 0.3) is 49.4 Å². The molecule has 138 valence electrons. The molecule has 0 radical (unpaired) electrons. The van der Waals surface area contributed by atoms with E-state index >= 15 is 0 Å². The van der Waals surface area contributed by atoms with Gasteiger partial charge in [-0.3, -0.25) is 0 Å². The summed E-state index contributed by atoms with van der Waals surface area (Å²) in [6.45, 7) is 0. The van der Waals surface area contributed by atoms with Crippen molar-refractivity contribution in [3.8, 4) is 5.69 Å². The molecule has 29 heavy (non-hydrogen) atoms. The molecule has 3 heterocycles. The van der Waals surface area contributed by atoms with Gasteiger partial charge >= 0.3 is 11.3 Å². The van der Waals surface area contributed by atoms with Gasteiger partial charge in [0.05, 0.1) is 16.4 Å². The number of rotatable bonds is 1. The minimum absolute atomic E-state index is 0.243. The number of fused-ring (bicyclic) bond motifs is 7. The second kappa shape index (κ2) is 5.69. The van der Waals surface area contributed by atoms with Crippen molar-refractivity contribution in [2.24, 2.45) is 0 Å². The Balaban J connectivity index is 2.05. The van der Waals surface area contributed by atoms with Gasteiger partial charge in [0, 0.05) is 16.5 Å². The first-order valence-corrected chi connectivity index (χ1v) is 9.21. The molecule has 3 aromatic carbocycles. The first kappa shape index (κ1) is 15.9. The van der Waals surface area contributed by atoms with Crippen LogP contribution in [0.5, 0.6) is 0 Å². The van der Waals surface area contributed by atoms with Crippen LogP contribution in [0, 0.1) is 0 Å². The van der Waals surface area contributed by atoms with Crippen molar-refractivity contribution >= 4 is 43.7 Å². The summed E-state index contributed by atoms with van der Waals surface area (Å²) in [5.41, 5.74) is 1.91. The fourth-order valence-electron chi connectivity index (χ4n) is 4.09. The van der Waals surface area contributed by atoms with E-state index in [0.29, 0.717) is 22.0 Å². The lowest BCUT2D eigenvalue weighted by Gasteiger charge is -2.09. The Morgan fingerprint density at radius 3 is 2.03 bits per heavy atom. The van der Waals surface area contributed by atoms with E-state index < -0.39 is 11.3 Å². The highest BCUT2D eigenvalue weighted by Crippen LogP contribution is 2.36. The Bertz CT molecular complexity index is 1690. The molecule has 0 atom stereocenters. The molecule has 0 aliphatic heterocycles. The highest BCUT2D eigenvalue weighted by Gasteiger charge is 2.23. The molecular weight excluding hydrogens is 366 g/mol. The Morgan fingerprint density at radius 2 is 1.24 bits per heavy atom. The van der Waals surface area contributed by atoms with Gasteiger partial charge in [0.1, 0.15) is 11.0 Å². The normalized spacial score (nSPS) is 11.7. The summed E-state index contributed by atoms with van der Waals surface area (Å²) >= 11 is 0. The first-order chi connectivity index (χ1) is 14.2. The predicted molar refractivity (Wildman–Crippen MR) is 113 cm³/mol. The van der Waals surface area contributed by atoms with Gasteiger partial charge in [-0.2, -0.15) is 0 Å². The summed E-state index contributed by atoms with van der Waals surface area (Å²) in [5.74, 6) is 0. The van der Waals surface area contributed by atoms with Crippen molar-refractivity contribution in [2.45, 2.75) is 0 Å². The zero-order chi connectivity index (χ0) is 19.5. The lowest BCUT2D eigenvalue weighted by molar-refractivity contribution is 0.558. The number of hydrogen-bond acceptors (Lipinski definition) is 4. The Kier molecular flexibility index (Phi) is 3.12. The number of nitrogens with zero attached hydrogens (tertiary/aromatic N) is 1. The number of aromatic nitrogens is 1. The van der Waals surface area contributed by atoms with Crippen molar-refractivity contribution < 1.29 is 8.83 Å². The third-order valence-corrected chi connectivity index (χ3v) is 5.29. The van der Waals surface area contributed by atoms with Crippen LogP contribution in [0.4, 0.5) is 0 Å². The van der Waals surface area contributed by atoms with Gasteiger partial charge in [-0.1, -0.05) is 48.5 Å². The van der Waals surface area contributed by atoms with Crippen LogP contribution < -0.4 is 11.3 Å². The monoisotopic (exact) mass is 379 g/mol. The molecule has 0 aliphatic rings. The van der Waals surface area contributed by atoms with Gasteiger partial charge in [-0.05, 0) is 30.3 Å². The lowest BCUT2D eigenvalue weighted by Crippen LogP contribution is -2.01. The van der Waals surface area contributed by atoms with E-state index in [-0.39, 0.29) is 11.0 Å². The van der Waals surface area contributed by atoms with Crippen LogP contribution in [0.2, 0.25) is 0 Å². The summed E-state index contributed by atoms with van der Waals surface area (Å²) in [5, 5.41) is 2.23. The van der Waals surface area contributed by atoms with Crippen molar-refractivity contribution in [3.63, 3.8) is 0 Å². The molecule has 0 amide bonds. The molecule has 0 saturated heterocycles. The van der Waals surface area contributed by atoms with E-state index in [0.717, 1.165) is 16.5 Å². The summed E-state index contributed by atoms with van der Waals surface area (Å²) in [6.07, 6.45) is 0. The second-order valence-electron chi connectivity index (χ2n) is 6.89. The highest BCUT2D eigenvalue weighted by molar-refractivity contribution is 6.20. The maximum Gasteiger partial charge on any atom is 0.349 e. The number of benzene rings is 3. The molecule has 0 saturated carbocycles. The molecule has 5 nitrogen and oxygen atoms in total. The van der Waals surface area contributed by atoms with Gasteiger partial charge < -0.3 is 13.4 Å². The van der Waals surface area contributed by atoms with Crippen molar-refractivity contribution in [1.29, 1.82) is 0 Å². The Hall–Kier alpha value is -4.12. The minimum atomic E-state index is -0.531. The molecule has 0 spiro atoms. The molecule has 5 heteroatoms. The van der Waals surface area contributed by atoms with Gasteiger partial charge in [0.2, 0.25) is 0 Å². The van der Waals surface area contributed by atoms with Crippen molar-refractivity contribution in [3.05, 3.63) is 99.7 Å². The molecule has 0 unspecified atom stereocenters. The van der Waals surface area contributed by atoms with E-state index in [4.69, 9.17) is 8.83 Å². The van der Waals surface area contributed by atoms with Crippen LogP contribution in [0.15, 0.2) is 97.3 Å². The maximum atomic E-state index is 13.0. The standard InChI is InChI=1S/C24H13NO4/c26-23-16-11-5-4-10-15(16)21-22(29-23)19-20(25(21)14-8-2-1-3-9-14)17-12-6-7-13-18(17)28-24(19)27/h1-13H. The molecule has 0 fully saturated rings. The van der Waals surface area contributed by atoms with Crippen molar-refractivity contribution in [2.75, 3.05) is 0 Å². The molecule has 0 aliphatic carbocycles. The summed E-state index contributed by atoms with van der Waals surface area (Å²) in [6, 6.07) is 24.4. The molecule has 0 N–H and O–H groups in total. The predicted octanol–water partition coefficient (Wildman–Crippen LogP) is 5.00. The largest absolute Gasteiger partial charge is 0.422 e. The highest BCUT2D eigenvalue weighted by atomic mass is 16.4. The van der Waals surface area contributed by atoms with Crippen LogP contribution in [0.1, 0.15) is 0 Å². The van der Waals surface area contributed by atoms with Crippen LogP contribution in [-0.4, -0.2) is 4.57 Å². The zero-order valence-electron chi connectivity index (χ0n) is 15.1. The first-order valence-electron chi connectivity index (χ1n) is 9.21. The van der Waals surface area contributed by atoms with E-state index in [2.05, 4.69) is 0 Å². The summed E-state index contributed by atoms with van der Waals surface area (Å²) in [4.78, 5) is 25.6. The van der Waals surface area contributed by atoms with Crippen LogP contribution >= 0.6 is 0 Å². The van der Waals surface area contributed by atoms with E-state index in [1.807, 2.05) is 65.2 Å². The van der Waals surface area contributed by atoms with Crippen LogP contribution in [0.3, 0.4) is 0 Å². The quantitative estimate of drug-likeness (QED) is 0.377. The molecule has 3 aromatic heterocycles. The fraction of sp³-hybridized carbons (Fsp3) is 0. The van der Waals surface area contributed by atoms with Crippen LogP contribution in [-0.2, 0) is 0 Å². The smallest absolute Gasteiger partial charge is 0.349 e. The second-order valence-corrected chi connectivity index (χ2v) is 6.89. The van der Waals surface area contributed by atoms with Gasteiger partial charge in [-0.25, -0.2) is 9.59 Å². The van der Waals surface area contributed by atoms with Gasteiger partial charge in [0.15, 0.2) is 5.58 Å². The Labute approximate surface area is 163 Å². The minimum Gasteiger partial charge on any atom is -0.422 e. The zero-order valence-corrected chi connectivity index (χ0v) is 15.1. The average Bonchev–Trinajstić information content (AvgIpc) is 3.11. The molecule has 6 aromatic rings. The van der Waals surface area contributed by atoms with Crippen molar-refractivity contribution in [1.82, 2.24) is 4.57 Å². The maximum absolute atomic E-state index is 13.0. The topological polar surface area (TPSA) is 65.3 Å². The molecule has 0 bridgehead atoms.